The van der Waals surface area contributed by atoms with Crippen LogP contribution in [-0.2, 0) is 68.9 Å². The van der Waals surface area contributed by atoms with Gasteiger partial charge in [-0.25, -0.2) is 19.6 Å². The molecule has 1 unspecified atom stereocenters. The Bertz CT molecular complexity index is 3780. The van der Waals surface area contributed by atoms with Gasteiger partial charge in [-0.05, 0) is 30.7 Å². The Hall–Kier alpha value is -9.87. The number of aliphatic carboxylic acids is 5. The predicted molar refractivity (Wildman–Crippen MR) is 363 cm³/mol. The number of aliphatic hydroxyl groups excluding tert-OH is 16. The van der Waals surface area contributed by atoms with E-state index in [1.165, 1.54) is 30.5 Å². The number of carboxylic acids is 5. The van der Waals surface area contributed by atoms with Crippen molar-refractivity contribution in [3.8, 4) is 0 Å². The summed E-state index contributed by atoms with van der Waals surface area (Å²) in [6.45, 7) is -5.59. The van der Waals surface area contributed by atoms with Crippen molar-refractivity contribution >= 4 is 118 Å². The fourth-order valence-electron chi connectivity index (χ4n) is 10.5. The van der Waals surface area contributed by atoms with Crippen LogP contribution in [0.4, 0.5) is 11.6 Å². The third-order valence-electron chi connectivity index (χ3n) is 16.9. The summed E-state index contributed by atoms with van der Waals surface area (Å²) in [6, 6.07) is -6.33. The normalized spacial score (nSPS) is 17.3. The number of nitrogens with zero attached hydrogens (tertiary/aromatic N) is 3. The number of H-pyrrole nitrogens is 1. The maximum absolute atomic E-state index is 14.4. The average molecular weight is 1590 g/mol. The van der Waals surface area contributed by atoms with E-state index >= 15 is 0 Å². The quantitative estimate of drug-likeness (QED) is 0.0233. The van der Waals surface area contributed by atoms with Crippen LogP contribution in [0, 0.1) is 23.7 Å². The van der Waals surface area contributed by atoms with Crippen LogP contribution < -0.4 is 43.2 Å². The summed E-state index contributed by atoms with van der Waals surface area (Å²) in [5, 5.41) is 228. The summed E-state index contributed by atoms with van der Waals surface area (Å²) in [5.74, 6) is -35.6. The fraction of sp³-hybridized carbons (Fsp3) is 0.581. The highest BCUT2D eigenvalue weighted by Gasteiger charge is 2.46. The molecule has 0 aliphatic heterocycles. The monoisotopic (exact) mass is 1590 g/mol. The van der Waals surface area contributed by atoms with Crippen LogP contribution in [0.2, 0.25) is 0 Å². The fourth-order valence-corrected chi connectivity index (χ4v) is 10.8. The van der Waals surface area contributed by atoms with E-state index in [0.29, 0.717) is 5.69 Å². The Morgan fingerprint density at radius 1 is 0.445 bits per heavy atom. The van der Waals surface area contributed by atoms with Crippen LogP contribution in [0.5, 0.6) is 0 Å². The summed E-state index contributed by atoms with van der Waals surface area (Å²) in [4.78, 5) is 213. The van der Waals surface area contributed by atoms with Gasteiger partial charge >= 0.3 is 29.8 Å². The molecule has 2 aromatic heterocycles. The van der Waals surface area contributed by atoms with E-state index < -0.39 is 305 Å². The van der Waals surface area contributed by atoms with Crippen molar-refractivity contribution in [3.05, 3.63) is 52.1 Å². The molecule has 0 saturated heterocycles. The van der Waals surface area contributed by atoms with Crippen LogP contribution in [0.25, 0.3) is 11.2 Å². The third kappa shape index (κ3) is 28.2. The lowest BCUT2D eigenvalue weighted by atomic mass is 9.85. The van der Waals surface area contributed by atoms with Crippen molar-refractivity contribution in [2.45, 2.75) is 168 Å². The smallest absolute Gasteiger partial charge is 0.327 e. The number of ketones is 4. The van der Waals surface area contributed by atoms with E-state index in [-0.39, 0.29) is 34.9 Å². The Morgan fingerprint density at radius 3 is 1.12 bits per heavy atom. The number of hydrogen-bond donors (Lipinski definition) is 30. The lowest BCUT2D eigenvalue weighted by Crippen LogP contribution is -2.56. The van der Waals surface area contributed by atoms with Crippen LogP contribution in [-0.4, -0.2) is 345 Å². The molecule has 0 radical (unpaired) electrons. The predicted octanol–water partition coefficient (Wildman–Crippen LogP) is -13.2. The summed E-state index contributed by atoms with van der Waals surface area (Å²) in [5.41, 5.74) is 5.26. The molecule has 3 rings (SSSR count). The van der Waals surface area contributed by atoms with E-state index in [1.807, 2.05) is 10.6 Å². The number of Topliss-reactive ketones (excluding diaryl/α,β-unsaturated/α-hetero) is 4. The first-order valence-electron chi connectivity index (χ1n) is 32.8. The number of thiol groups is 1. The van der Waals surface area contributed by atoms with Crippen molar-refractivity contribution in [2.75, 3.05) is 43.2 Å². The topological polar surface area (TPSA) is 834 Å². The van der Waals surface area contributed by atoms with Gasteiger partial charge in [0.25, 0.3) is 11.5 Å². The zero-order chi connectivity index (χ0) is 83.5. The molecular weight excluding hydrogens is 1510 g/mol. The number of carboxylic acid groups (broad SMARTS) is 5. The van der Waals surface area contributed by atoms with Crippen molar-refractivity contribution in [2.24, 2.45) is 23.7 Å². The molecule has 21 atom stereocenters. The van der Waals surface area contributed by atoms with Gasteiger partial charge in [-0.2, -0.15) is 17.6 Å². The number of carbonyl (C=O) groups excluding carboxylic acids is 9. The number of carbonyl (C=O) groups is 14. The molecular formula is C62H87N11O36S. The molecule has 48 heteroatoms. The van der Waals surface area contributed by atoms with Crippen molar-refractivity contribution in [3.63, 3.8) is 0 Å². The zero-order valence-corrected chi connectivity index (χ0v) is 58.4. The van der Waals surface area contributed by atoms with Crippen LogP contribution in [0.3, 0.4) is 0 Å². The summed E-state index contributed by atoms with van der Waals surface area (Å²) in [7, 11) is 0. The van der Waals surface area contributed by atoms with Gasteiger partial charge in [-0.1, -0.05) is 0 Å². The van der Waals surface area contributed by atoms with Gasteiger partial charge in [0.05, 0.1) is 130 Å². The lowest BCUT2D eigenvalue weighted by Gasteiger charge is -2.32. The van der Waals surface area contributed by atoms with Gasteiger partial charge in [0.1, 0.15) is 66.7 Å². The number of aromatic amines is 1. The molecule has 47 nitrogen and oxygen atoms in total. The van der Waals surface area contributed by atoms with Crippen molar-refractivity contribution in [1.29, 1.82) is 0 Å². The van der Waals surface area contributed by atoms with Gasteiger partial charge < -0.3 is 145 Å². The van der Waals surface area contributed by atoms with E-state index in [4.69, 9.17) is 5.73 Å². The first-order valence-corrected chi connectivity index (χ1v) is 33.4. The first kappa shape index (κ1) is 94.3. The number of aromatic nitrogens is 4. The van der Waals surface area contributed by atoms with Crippen molar-refractivity contribution < 1.29 is 174 Å². The second kappa shape index (κ2) is 44.7. The number of fused-ring (bicyclic) bond motifs is 1. The number of anilines is 2. The largest absolute Gasteiger partial charge is 0.481 e. The standard InChI is InChI=1S/C62H87N11O36S/c63-62-72-53-44(59(105)73-62)66-23(15-65-53)14-64-22-3-1-21(2-4-22)54(100)67-29(60(106)107)6-5-24(78)7-25(45(92)49(96)37(82)16-74)55(101)68-30(11-41(86)87)34(79)8-26(46(93)50(97)38(83)17-75)56(102)69-31(12-42(88)89)35(80)9-27(47(94)51(98)39(84)18-76)57(103)70-32(13-43(90)91)36(81)10-28(48(95)52(99)40(85)19-77)58(104)71-33(20-110)61(108)109/h1-4,15,25-33,37-40,45-52,64,74-77,82-85,92-99,110H,5-14,16-20H2,(H,67,100)(H,68,101)(H,69,102)(H,70,103)(H,71,104)(H,86,87)(H,88,89)(H,90,91)(H,106,107)(H,108,109)(H3,63,65,72,73,105)/t25-,26-,27-,28-,29-,30-,31?,32-,33-,37+,38+,39+,40+,45+,46+,47+,48+,49+,50+,51+,52+/m0/s1. The average Bonchev–Trinajstić information content (AvgIpc) is 0.861. The molecule has 3 aromatic rings. The molecule has 0 saturated carbocycles. The second-order valence-corrected chi connectivity index (χ2v) is 25.3. The minimum atomic E-state index is -2.93. The highest BCUT2D eigenvalue weighted by atomic mass is 32.1. The molecule has 0 spiro atoms. The van der Waals surface area contributed by atoms with Crippen LogP contribution in [0.15, 0.2) is 35.3 Å². The molecule has 612 valence electrons. The zero-order valence-electron chi connectivity index (χ0n) is 57.5. The number of benzene rings is 1. The van der Waals surface area contributed by atoms with Gasteiger partial charge in [0.2, 0.25) is 29.6 Å². The molecule has 0 bridgehead atoms. The van der Waals surface area contributed by atoms with Gasteiger partial charge in [-0.15, -0.1) is 0 Å². The SMILES string of the molecule is Nc1nc2ncc(CNc3ccc(C(=O)N[C@@H](CCC(=O)C[C@H](C(=O)N[C@@H](CC(=O)O)C(=O)C[C@H](C(=O)NC(CC(=O)O)C(=O)C[C@H](C(=O)N[C@@H](CC(=O)O)C(=O)C[C@H](C(=O)N[C@@H](CS)C(=O)O)[C@@H](O)[C@H](O)[C@H](O)CO)[C@@H](O)[C@H](O)[C@H](O)CO)[C@@H](O)[C@H](O)[C@H](O)CO)[C@@H](O)[C@H](O)[C@H](O)CO)C(=O)O)cc3)nc2c(=O)[nH]1. The van der Waals surface area contributed by atoms with E-state index in [0.717, 1.165) is 0 Å². The summed E-state index contributed by atoms with van der Waals surface area (Å²) in [6.07, 6.45) is -42.9. The van der Waals surface area contributed by atoms with Gasteiger partial charge in [-0.3, -0.25) is 67.3 Å². The molecule has 30 N–H and O–H groups in total. The number of nitrogen functional groups attached to an aromatic ring is 1. The molecule has 2 heterocycles. The molecule has 0 fully saturated rings. The molecule has 1 aromatic carbocycles. The highest BCUT2D eigenvalue weighted by molar-refractivity contribution is 7.80. The number of aliphatic hydroxyl groups is 16. The van der Waals surface area contributed by atoms with Gasteiger partial charge in [0, 0.05) is 49.1 Å². The van der Waals surface area contributed by atoms with E-state index in [9.17, 15) is 179 Å². The van der Waals surface area contributed by atoms with Gasteiger partial charge in [0.15, 0.2) is 28.5 Å². The Morgan fingerprint density at radius 2 is 0.791 bits per heavy atom. The molecule has 5 amide bonds. The Kier molecular flexibility index (Phi) is 38.3. The van der Waals surface area contributed by atoms with Crippen LogP contribution >= 0.6 is 12.6 Å². The van der Waals surface area contributed by atoms with Crippen molar-refractivity contribution in [1.82, 2.24) is 46.5 Å². The molecule has 0 aliphatic rings. The number of hydrogen-bond acceptors (Lipinski definition) is 37. The Labute approximate surface area is 623 Å². The summed E-state index contributed by atoms with van der Waals surface area (Å²) < 4.78 is 0. The lowest BCUT2D eigenvalue weighted by molar-refractivity contribution is -0.150. The molecule has 0 aliphatic carbocycles. The minimum absolute atomic E-state index is 0.00721. The Balaban J connectivity index is 2.01. The van der Waals surface area contributed by atoms with Crippen LogP contribution in [0.1, 0.15) is 73.8 Å². The maximum atomic E-state index is 14.4. The summed E-state index contributed by atoms with van der Waals surface area (Å²) >= 11 is 3.76. The third-order valence-corrected chi connectivity index (χ3v) is 17.3. The second-order valence-electron chi connectivity index (χ2n) is 25.0. The minimum Gasteiger partial charge on any atom is -0.481 e. The number of rotatable bonds is 52. The molecule has 110 heavy (non-hydrogen) atoms. The number of nitrogens with one attached hydrogen (secondary N) is 7. The van der Waals surface area contributed by atoms with E-state index in [1.54, 1.807) is 10.6 Å². The maximum Gasteiger partial charge on any atom is 0.327 e. The first-order chi connectivity index (χ1) is 51.5. The highest BCUT2D eigenvalue weighted by Crippen LogP contribution is 2.26. The van der Waals surface area contributed by atoms with E-state index in [2.05, 4.69) is 43.2 Å². The number of amides is 5. The number of nitrogens with two attached hydrogens (primary N) is 1.